The lowest BCUT2D eigenvalue weighted by Gasteiger charge is -2.33. The number of fused-ring (bicyclic) bond motifs is 1. The first kappa shape index (κ1) is 17.6. The molecule has 2 heterocycles. The van der Waals surface area contributed by atoms with Crippen LogP contribution in [0.4, 0.5) is 11.4 Å². The van der Waals surface area contributed by atoms with E-state index in [4.69, 9.17) is 4.52 Å². The molecule has 1 aliphatic heterocycles. The van der Waals surface area contributed by atoms with E-state index in [0.29, 0.717) is 35.7 Å². The highest BCUT2D eigenvalue weighted by molar-refractivity contribution is 7.93. The van der Waals surface area contributed by atoms with Gasteiger partial charge in [0, 0.05) is 18.2 Å². The Bertz CT molecular complexity index is 1120. The molecule has 2 aromatic carbocycles. The number of para-hydroxylation sites is 1. The number of aromatic nitrogens is 1. The highest BCUT2D eigenvalue weighted by Gasteiger charge is 2.31. The number of aryl methyl sites for hydroxylation is 3. The second-order valence-electron chi connectivity index (χ2n) is 6.79. The van der Waals surface area contributed by atoms with Gasteiger partial charge in [0.25, 0.3) is 10.0 Å². The Morgan fingerprint density at radius 3 is 2.63 bits per heavy atom. The molecule has 1 aromatic heterocycles. The molecule has 27 heavy (non-hydrogen) atoms. The summed E-state index contributed by atoms with van der Waals surface area (Å²) in [5.74, 6) is 0.556. The normalized spacial score (nSPS) is 14.0. The lowest BCUT2D eigenvalue weighted by atomic mass is 10.1. The van der Waals surface area contributed by atoms with Gasteiger partial charge in [0.2, 0.25) is 0 Å². The van der Waals surface area contributed by atoms with E-state index in [2.05, 4.69) is 10.5 Å². The second kappa shape index (κ2) is 6.42. The third-order valence-corrected chi connectivity index (χ3v) is 6.73. The smallest absolute Gasteiger partial charge is 0.264 e. The molecule has 0 saturated carbocycles. The minimum atomic E-state index is -3.72. The Hall–Kier alpha value is -2.80. The van der Waals surface area contributed by atoms with E-state index in [0.717, 1.165) is 16.9 Å². The molecule has 0 aliphatic carbocycles. The number of hydrogen-bond acceptors (Lipinski definition) is 5. The number of nitrogens with zero attached hydrogens (tertiary/aromatic N) is 2. The maximum Gasteiger partial charge on any atom is 0.264 e. The molecule has 6 nitrogen and oxygen atoms in total. The summed E-state index contributed by atoms with van der Waals surface area (Å²) in [7, 11) is -3.72. The molecule has 0 bridgehead atoms. The molecule has 0 unspecified atom stereocenters. The fourth-order valence-electron chi connectivity index (χ4n) is 3.43. The van der Waals surface area contributed by atoms with Crippen LogP contribution in [0.25, 0.3) is 11.3 Å². The van der Waals surface area contributed by atoms with Crippen LogP contribution >= 0.6 is 0 Å². The van der Waals surface area contributed by atoms with Gasteiger partial charge in [0.05, 0.1) is 28.5 Å². The summed E-state index contributed by atoms with van der Waals surface area (Å²) in [5.41, 5.74) is 4.61. The molecular formula is C20H21N3O3S. The van der Waals surface area contributed by atoms with Crippen molar-refractivity contribution in [3.63, 3.8) is 0 Å². The quantitative estimate of drug-likeness (QED) is 0.743. The Kier molecular flexibility index (Phi) is 4.19. The minimum absolute atomic E-state index is 0.283. The standard InChI is InChI=1S/C20H21N3O3S/c1-13-7-8-16(18-11-15(3)22-26-18)12-19(13)27(24,25)23-10-9-21-17-6-4-5-14(2)20(17)23/h4-8,11-12,21H,9-10H2,1-3H3. The van der Waals surface area contributed by atoms with Crippen molar-refractivity contribution in [2.75, 3.05) is 22.7 Å². The van der Waals surface area contributed by atoms with E-state index in [-0.39, 0.29) is 4.90 Å². The first-order valence-electron chi connectivity index (χ1n) is 8.78. The van der Waals surface area contributed by atoms with Crippen molar-refractivity contribution >= 4 is 21.4 Å². The van der Waals surface area contributed by atoms with Gasteiger partial charge < -0.3 is 9.84 Å². The summed E-state index contributed by atoms with van der Waals surface area (Å²) >= 11 is 0. The molecule has 0 atom stereocenters. The van der Waals surface area contributed by atoms with Gasteiger partial charge in [-0.1, -0.05) is 29.4 Å². The Balaban J connectivity index is 1.84. The van der Waals surface area contributed by atoms with E-state index in [1.54, 1.807) is 18.2 Å². The van der Waals surface area contributed by atoms with Crippen molar-refractivity contribution in [3.05, 3.63) is 59.3 Å². The van der Waals surface area contributed by atoms with Crippen LogP contribution in [-0.4, -0.2) is 26.7 Å². The van der Waals surface area contributed by atoms with Crippen LogP contribution in [0.15, 0.2) is 51.9 Å². The molecule has 0 amide bonds. The summed E-state index contributed by atoms with van der Waals surface area (Å²) < 4.78 is 33.9. The molecule has 0 fully saturated rings. The summed E-state index contributed by atoms with van der Waals surface area (Å²) in [4.78, 5) is 0.283. The zero-order valence-corrected chi connectivity index (χ0v) is 16.3. The number of hydrogen-bond donors (Lipinski definition) is 1. The molecule has 1 aliphatic rings. The van der Waals surface area contributed by atoms with Crippen LogP contribution in [0.1, 0.15) is 16.8 Å². The van der Waals surface area contributed by atoms with E-state index >= 15 is 0 Å². The predicted molar refractivity (Wildman–Crippen MR) is 106 cm³/mol. The van der Waals surface area contributed by atoms with Crippen molar-refractivity contribution < 1.29 is 12.9 Å². The first-order valence-corrected chi connectivity index (χ1v) is 10.2. The molecule has 4 rings (SSSR count). The molecule has 0 spiro atoms. The van der Waals surface area contributed by atoms with Crippen LogP contribution in [0.5, 0.6) is 0 Å². The van der Waals surface area contributed by atoms with Crippen molar-refractivity contribution in [2.24, 2.45) is 0 Å². The zero-order chi connectivity index (χ0) is 19.2. The van der Waals surface area contributed by atoms with Gasteiger partial charge in [0.1, 0.15) is 0 Å². The average molecular weight is 383 g/mol. The maximum atomic E-state index is 13.6. The number of benzene rings is 2. The van der Waals surface area contributed by atoms with Crippen LogP contribution in [0.2, 0.25) is 0 Å². The predicted octanol–water partition coefficient (Wildman–Crippen LogP) is 3.89. The fraction of sp³-hybridized carbons (Fsp3) is 0.250. The average Bonchev–Trinajstić information content (AvgIpc) is 3.08. The molecule has 3 aromatic rings. The third-order valence-electron chi connectivity index (χ3n) is 4.79. The van der Waals surface area contributed by atoms with Crippen molar-refractivity contribution in [1.29, 1.82) is 0 Å². The lowest BCUT2D eigenvalue weighted by Crippen LogP contribution is -2.39. The lowest BCUT2D eigenvalue weighted by molar-refractivity contribution is 0.427. The molecule has 1 N–H and O–H groups in total. The van der Waals surface area contributed by atoms with Gasteiger partial charge in [0.15, 0.2) is 5.76 Å². The van der Waals surface area contributed by atoms with Gasteiger partial charge in [-0.2, -0.15) is 0 Å². The van der Waals surface area contributed by atoms with E-state index in [1.807, 2.05) is 45.0 Å². The molecule has 140 valence electrons. The molecule has 7 heteroatoms. The summed E-state index contributed by atoms with van der Waals surface area (Å²) in [6, 6.07) is 12.9. The topological polar surface area (TPSA) is 75.4 Å². The van der Waals surface area contributed by atoms with Gasteiger partial charge in [-0.05, 0) is 44.0 Å². The molecule has 0 radical (unpaired) electrons. The second-order valence-corrected chi connectivity index (χ2v) is 8.62. The molecular weight excluding hydrogens is 362 g/mol. The van der Waals surface area contributed by atoms with Crippen LogP contribution < -0.4 is 9.62 Å². The minimum Gasteiger partial charge on any atom is -0.382 e. The highest BCUT2D eigenvalue weighted by atomic mass is 32.2. The van der Waals surface area contributed by atoms with Crippen molar-refractivity contribution in [1.82, 2.24) is 5.16 Å². The Labute approximate surface area is 158 Å². The van der Waals surface area contributed by atoms with Gasteiger partial charge in [-0.25, -0.2) is 8.42 Å². The number of sulfonamides is 1. The fourth-order valence-corrected chi connectivity index (χ4v) is 5.23. The van der Waals surface area contributed by atoms with Crippen molar-refractivity contribution in [3.8, 4) is 11.3 Å². The largest absolute Gasteiger partial charge is 0.382 e. The van der Waals surface area contributed by atoms with Gasteiger partial charge in [-0.3, -0.25) is 4.31 Å². The van der Waals surface area contributed by atoms with Crippen LogP contribution in [-0.2, 0) is 10.0 Å². The first-order chi connectivity index (χ1) is 12.9. The summed E-state index contributed by atoms with van der Waals surface area (Å²) in [6.45, 7) is 6.51. The maximum absolute atomic E-state index is 13.6. The number of rotatable bonds is 3. The highest BCUT2D eigenvalue weighted by Crippen LogP contribution is 2.37. The number of nitrogens with one attached hydrogen (secondary N) is 1. The van der Waals surface area contributed by atoms with Crippen LogP contribution in [0.3, 0.4) is 0 Å². The number of anilines is 2. The monoisotopic (exact) mass is 383 g/mol. The van der Waals surface area contributed by atoms with Crippen molar-refractivity contribution in [2.45, 2.75) is 25.7 Å². The summed E-state index contributed by atoms with van der Waals surface area (Å²) in [6.07, 6.45) is 0. The van der Waals surface area contributed by atoms with Gasteiger partial charge in [-0.15, -0.1) is 0 Å². The van der Waals surface area contributed by atoms with Crippen LogP contribution in [0, 0.1) is 20.8 Å². The van der Waals surface area contributed by atoms with E-state index < -0.39 is 10.0 Å². The Morgan fingerprint density at radius 2 is 1.89 bits per heavy atom. The van der Waals surface area contributed by atoms with E-state index in [1.165, 1.54) is 4.31 Å². The van der Waals surface area contributed by atoms with E-state index in [9.17, 15) is 8.42 Å². The SMILES string of the molecule is Cc1cc(-c2ccc(C)c(S(=O)(=O)N3CCNc4cccc(C)c43)c2)on1. The molecule has 0 saturated heterocycles. The third kappa shape index (κ3) is 2.98. The Morgan fingerprint density at radius 1 is 1.07 bits per heavy atom. The summed E-state index contributed by atoms with van der Waals surface area (Å²) in [5, 5.41) is 7.18. The zero-order valence-electron chi connectivity index (χ0n) is 15.5. The van der Waals surface area contributed by atoms with Gasteiger partial charge >= 0.3 is 0 Å².